The van der Waals surface area contributed by atoms with Gasteiger partial charge in [-0.15, -0.1) is 0 Å². The number of piperidine rings is 1. The molecule has 1 aromatic heterocycles. The van der Waals surface area contributed by atoms with E-state index in [0.29, 0.717) is 23.4 Å². The van der Waals surface area contributed by atoms with Gasteiger partial charge in [0.05, 0.1) is 6.42 Å². The number of aromatic nitrogens is 1. The lowest BCUT2D eigenvalue weighted by Crippen LogP contribution is -2.48. The second-order valence-electron chi connectivity index (χ2n) is 7.46. The largest absolute Gasteiger partial charge is 0.338 e. The van der Waals surface area contributed by atoms with Crippen molar-refractivity contribution in [3.05, 3.63) is 64.9 Å². The van der Waals surface area contributed by atoms with E-state index in [9.17, 15) is 4.79 Å². The van der Waals surface area contributed by atoms with Crippen molar-refractivity contribution in [2.24, 2.45) is 5.92 Å². The molecule has 0 N–H and O–H groups in total. The standard InChI is InChI=1S/C21H24ClN3O/c22-20-4-2-1-3-18(20)11-21(26)25-14-17-5-6-19(25)15-24(13-17)12-16-7-9-23-10-8-16/h1-4,7-10,17,19H,5-6,11-15H2/t17-,19+/m0/s1. The van der Waals surface area contributed by atoms with Crippen molar-refractivity contribution < 1.29 is 4.79 Å². The Bertz CT molecular complexity index is 767. The van der Waals surface area contributed by atoms with E-state index in [2.05, 4.69) is 26.9 Å². The topological polar surface area (TPSA) is 36.4 Å². The summed E-state index contributed by atoms with van der Waals surface area (Å²) in [4.78, 5) is 21.7. The molecule has 2 bridgehead atoms. The first kappa shape index (κ1) is 17.5. The first-order chi connectivity index (χ1) is 12.7. The predicted octanol–water partition coefficient (Wildman–Crippen LogP) is 3.40. The number of rotatable bonds is 4. The van der Waals surface area contributed by atoms with Crippen LogP contribution in [0.4, 0.5) is 0 Å². The maximum Gasteiger partial charge on any atom is 0.227 e. The van der Waals surface area contributed by atoms with Gasteiger partial charge in [0.2, 0.25) is 5.91 Å². The number of pyridine rings is 1. The van der Waals surface area contributed by atoms with Crippen molar-refractivity contribution in [1.82, 2.24) is 14.8 Å². The summed E-state index contributed by atoms with van der Waals surface area (Å²) < 4.78 is 0. The lowest BCUT2D eigenvalue weighted by molar-refractivity contribution is -0.134. The normalized spacial score (nSPS) is 23.0. The smallest absolute Gasteiger partial charge is 0.227 e. The Morgan fingerprint density at radius 3 is 2.69 bits per heavy atom. The number of halogens is 1. The lowest BCUT2D eigenvalue weighted by Gasteiger charge is -2.36. The third-order valence-electron chi connectivity index (χ3n) is 5.56. The van der Waals surface area contributed by atoms with E-state index in [1.807, 2.05) is 36.7 Å². The number of amides is 1. The molecule has 3 fully saturated rings. The highest BCUT2D eigenvalue weighted by Gasteiger charge is 2.37. The van der Waals surface area contributed by atoms with E-state index in [1.165, 1.54) is 12.0 Å². The van der Waals surface area contributed by atoms with E-state index in [1.54, 1.807) is 0 Å². The van der Waals surface area contributed by atoms with Gasteiger partial charge < -0.3 is 4.90 Å². The Balaban J connectivity index is 1.44. The molecule has 2 aromatic rings. The summed E-state index contributed by atoms with van der Waals surface area (Å²) in [5.41, 5.74) is 2.21. The number of benzene rings is 1. The number of fused-ring (bicyclic) bond motifs is 4. The molecule has 0 saturated carbocycles. The average Bonchev–Trinajstić information content (AvgIpc) is 2.95. The summed E-state index contributed by atoms with van der Waals surface area (Å²) >= 11 is 6.25. The van der Waals surface area contributed by atoms with Gasteiger partial charge in [-0.3, -0.25) is 14.7 Å². The van der Waals surface area contributed by atoms with Crippen molar-refractivity contribution in [3.63, 3.8) is 0 Å². The predicted molar refractivity (Wildman–Crippen MR) is 103 cm³/mol. The zero-order chi connectivity index (χ0) is 17.9. The first-order valence-electron chi connectivity index (χ1n) is 9.33. The Morgan fingerprint density at radius 2 is 1.88 bits per heavy atom. The zero-order valence-electron chi connectivity index (χ0n) is 14.9. The molecule has 2 atom stereocenters. The van der Waals surface area contributed by atoms with Crippen LogP contribution < -0.4 is 0 Å². The number of hydrogen-bond donors (Lipinski definition) is 0. The van der Waals surface area contributed by atoms with Crippen LogP contribution in [-0.2, 0) is 17.8 Å². The fourth-order valence-corrected chi connectivity index (χ4v) is 4.47. The van der Waals surface area contributed by atoms with Crippen LogP contribution in [0.2, 0.25) is 5.02 Å². The Morgan fingerprint density at radius 1 is 1.08 bits per heavy atom. The summed E-state index contributed by atoms with van der Waals surface area (Å²) in [7, 11) is 0. The van der Waals surface area contributed by atoms with Crippen LogP contribution >= 0.6 is 11.6 Å². The Kier molecular flexibility index (Phi) is 5.23. The van der Waals surface area contributed by atoms with E-state index >= 15 is 0 Å². The molecule has 3 aliphatic rings. The second-order valence-corrected chi connectivity index (χ2v) is 7.87. The molecule has 5 rings (SSSR count). The highest BCUT2D eigenvalue weighted by molar-refractivity contribution is 6.31. The molecule has 3 saturated heterocycles. The molecule has 0 radical (unpaired) electrons. The van der Waals surface area contributed by atoms with E-state index in [-0.39, 0.29) is 5.91 Å². The third-order valence-corrected chi connectivity index (χ3v) is 5.93. The number of carbonyl (C=O) groups is 1. The molecule has 4 heterocycles. The summed E-state index contributed by atoms with van der Waals surface area (Å²) in [5, 5.41) is 0.681. The van der Waals surface area contributed by atoms with Crippen LogP contribution in [0.1, 0.15) is 24.0 Å². The van der Waals surface area contributed by atoms with Gasteiger partial charge in [-0.05, 0) is 48.1 Å². The quantitative estimate of drug-likeness (QED) is 0.828. The van der Waals surface area contributed by atoms with Gasteiger partial charge in [-0.2, -0.15) is 0 Å². The van der Waals surface area contributed by atoms with Gasteiger partial charge in [-0.25, -0.2) is 0 Å². The van der Waals surface area contributed by atoms with Crippen molar-refractivity contribution in [1.29, 1.82) is 0 Å². The summed E-state index contributed by atoms with van der Waals surface area (Å²) in [6, 6.07) is 12.1. The minimum atomic E-state index is 0.207. The molecule has 0 unspecified atom stereocenters. The van der Waals surface area contributed by atoms with Crippen LogP contribution in [0.3, 0.4) is 0 Å². The number of nitrogens with zero attached hydrogens (tertiary/aromatic N) is 3. The minimum absolute atomic E-state index is 0.207. The highest BCUT2D eigenvalue weighted by Crippen LogP contribution is 2.29. The molecule has 1 amide bonds. The third kappa shape index (κ3) is 3.92. The van der Waals surface area contributed by atoms with Crippen molar-refractivity contribution in [2.45, 2.75) is 31.8 Å². The summed E-state index contributed by atoms with van der Waals surface area (Å²) in [6.45, 7) is 3.82. The molecule has 26 heavy (non-hydrogen) atoms. The molecule has 4 nitrogen and oxygen atoms in total. The Hall–Kier alpha value is -1.91. The van der Waals surface area contributed by atoms with E-state index in [4.69, 9.17) is 11.6 Å². The fourth-order valence-electron chi connectivity index (χ4n) is 4.27. The van der Waals surface area contributed by atoms with Crippen molar-refractivity contribution in [3.8, 4) is 0 Å². The highest BCUT2D eigenvalue weighted by atomic mass is 35.5. The molecular weight excluding hydrogens is 346 g/mol. The molecule has 5 heteroatoms. The minimum Gasteiger partial charge on any atom is -0.338 e. The van der Waals surface area contributed by atoms with Crippen LogP contribution in [0.15, 0.2) is 48.8 Å². The van der Waals surface area contributed by atoms with Crippen LogP contribution in [-0.4, -0.2) is 46.4 Å². The molecule has 3 aliphatic heterocycles. The fraction of sp³-hybridized carbons (Fsp3) is 0.429. The van der Waals surface area contributed by atoms with Gasteiger partial charge in [0, 0.05) is 49.6 Å². The van der Waals surface area contributed by atoms with Crippen LogP contribution in [0, 0.1) is 5.92 Å². The van der Waals surface area contributed by atoms with Crippen molar-refractivity contribution in [2.75, 3.05) is 19.6 Å². The molecule has 0 aliphatic carbocycles. The van der Waals surface area contributed by atoms with Gasteiger partial charge in [0.15, 0.2) is 0 Å². The van der Waals surface area contributed by atoms with Crippen LogP contribution in [0.5, 0.6) is 0 Å². The molecule has 0 spiro atoms. The first-order valence-corrected chi connectivity index (χ1v) is 9.71. The van der Waals surface area contributed by atoms with Crippen molar-refractivity contribution >= 4 is 17.5 Å². The molecular formula is C21H24ClN3O. The average molecular weight is 370 g/mol. The maximum atomic E-state index is 13.0. The monoisotopic (exact) mass is 369 g/mol. The van der Waals surface area contributed by atoms with Crippen LogP contribution in [0.25, 0.3) is 0 Å². The zero-order valence-corrected chi connectivity index (χ0v) is 15.6. The SMILES string of the molecule is O=C(Cc1ccccc1Cl)N1C[C@H]2CC[C@@H]1CN(Cc1ccncc1)C2. The van der Waals surface area contributed by atoms with Gasteiger partial charge in [0.1, 0.15) is 0 Å². The number of hydrogen-bond acceptors (Lipinski definition) is 3. The van der Waals surface area contributed by atoms with Gasteiger partial charge >= 0.3 is 0 Å². The van der Waals surface area contributed by atoms with E-state index in [0.717, 1.165) is 38.2 Å². The number of carbonyl (C=O) groups excluding carboxylic acids is 1. The summed E-state index contributed by atoms with van der Waals surface area (Å²) in [6.07, 6.45) is 6.41. The molecule has 136 valence electrons. The van der Waals surface area contributed by atoms with Gasteiger partial charge in [0.25, 0.3) is 0 Å². The van der Waals surface area contributed by atoms with E-state index < -0.39 is 0 Å². The maximum absolute atomic E-state index is 13.0. The molecule has 1 aromatic carbocycles. The van der Waals surface area contributed by atoms with Gasteiger partial charge in [-0.1, -0.05) is 29.8 Å². The second kappa shape index (κ2) is 7.77. The Labute approximate surface area is 159 Å². The summed E-state index contributed by atoms with van der Waals surface area (Å²) in [5.74, 6) is 0.768. The lowest BCUT2D eigenvalue weighted by atomic mass is 9.94.